The Hall–Kier alpha value is -2.74. The highest BCUT2D eigenvalue weighted by Gasteiger charge is 2.22. The molecule has 0 unspecified atom stereocenters. The van der Waals surface area contributed by atoms with E-state index < -0.39 is 0 Å². The van der Waals surface area contributed by atoms with Gasteiger partial charge in [-0.05, 0) is 19.1 Å². The molecule has 3 rings (SSSR count). The molecule has 0 N–H and O–H groups in total. The van der Waals surface area contributed by atoms with Gasteiger partial charge in [0, 0.05) is 68.6 Å². The van der Waals surface area contributed by atoms with Gasteiger partial charge >= 0.3 is 0 Å². The smallest absolute Gasteiger partial charge is 0.269 e. The van der Waals surface area contributed by atoms with Gasteiger partial charge in [0.25, 0.3) is 5.69 Å². The summed E-state index contributed by atoms with van der Waals surface area (Å²) in [4.78, 5) is 23.6. The van der Waals surface area contributed by atoms with Crippen molar-refractivity contribution < 1.29 is 9.66 Å². The summed E-state index contributed by atoms with van der Waals surface area (Å²) in [6.07, 6.45) is 3.48. The standard InChI is InChI=1S/C17H21N5O3/c1-2-25-13-14-12-15(22(23)24)4-5-16(14)20-8-10-21(11-9-20)17-18-6-3-7-19-17/h3-7,12H,2,8-11,13H2,1H3. The SMILES string of the molecule is CCOCc1cc([N+](=O)[O-])ccc1N1CCN(c2ncccn2)CC1. The van der Waals surface area contributed by atoms with Gasteiger partial charge in [0.1, 0.15) is 0 Å². The van der Waals surface area contributed by atoms with Gasteiger partial charge in [-0.2, -0.15) is 0 Å². The van der Waals surface area contributed by atoms with E-state index >= 15 is 0 Å². The van der Waals surface area contributed by atoms with E-state index in [1.165, 1.54) is 0 Å². The third-order valence-corrected chi connectivity index (χ3v) is 4.19. The van der Waals surface area contributed by atoms with E-state index in [0.717, 1.165) is 43.4 Å². The molecule has 0 spiro atoms. The van der Waals surface area contributed by atoms with Crippen LogP contribution in [0.15, 0.2) is 36.7 Å². The number of non-ortho nitro benzene ring substituents is 1. The largest absolute Gasteiger partial charge is 0.377 e. The van der Waals surface area contributed by atoms with E-state index in [0.29, 0.717) is 13.2 Å². The highest BCUT2D eigenvalue weighted by atomic mass is 16.6. The van der Waals surface area contributed by atoms with E-state index in [-0.39, 0.29) is 10.6 Å². The fraction of sp³-hybridized carbons (Fsp3) is 0.412. The maximum atomic E-state index is 11.0. The number of nitrogens with zero attached hydrogens (tertiary/aromatic N) is 5. The molecule has 25 heavy (non-hydrogen) atoms. The van der Waals surface area contributed by atoms with Gasteiger partial charge in [-0.1, -0.05) is 0 Å². The summed E-state index contributed by atoms with van der Waals surface area (Å²) in [7, 11) is 0. The molecule has 2 aromatic rings. The number of hydrogen-bond acceptors (Lipinski definition) is 7. The van der Waals surface area contributed by atoms with Gasteiger partial charge in [0.05, 0.1) is 11.5 Å². The number of aromatic nitrogens is 2. The van der Waals surface area contributed by atoms with Crippen LogP contribution in [0.5, 0.6) is 0 Å². The monoisotopic (exact) mass is 343 g/mol. The van der Waals surface area contributed by atoms with Crippen LogP contribution in [0.1, 0.15) is 12.5 Å². The molecule has 1 saturated heterocycles. The van der Waals surface area contributed by atoms with Crippen molar-refractivity contribution in [1.29, 1.82) is 0 Å². The number of piperazine rings is 1. The van der Waals surface area contributed by atoms with E-state index in [1.807, 2.05) is 13.0 Å². The third kappa shape index (κ3) is 4.03. The molecule has 1 aliphatic heterocycles. The predicted molar refractivity (Wildman–Crippen MR) is 94.9 cm³/mol. The summed E-state index contributed by atoms with van der Waals surface area (Å²) in [5.74, 6) is 0.736. The maximum absolute atomic E-state index is 11.0. The van der Waals surface area contributed by atoms with Crippen LogP contribution in [0.3, 0.4) is 0 Å². The quantitative estimate of drug-likeness (QED) is 0.587. The molecule has 132 valence electrons. The molecule has 0 saturated carbocycles. The van der Waals surface area contributed by atoms with Crippen LogP contribution in [-0.4, -0.2) is 47.7 Å². The minimum Gasteiger partial charge on any atom is -0.377 e. The number of ether oxygens (including phenoxy) is 1. The molecule has 1 aromatic heterocycles. The summed E-state index contributed by atoms with van der Waals surface area (Å²) in [5, 5.41) is 11.0. The molecule has 8 heteroatoms. The molecule has 1 aromatic carbocycles. The Morgan fingerprint density at radius 3 is 2.48 bits per heavy atom. The lowest BCUT2D eigenvalue weighted by Crippen LogP contribution is -2.47. The summed E-state index contributed by atoms with van der Waals surface area (Å²) >= 11 is 0. The summed E-state index contributed by atoms with van der Waals surface area (Å²) in [6, 6.07) is 6.78. The predicted octanol–water partition coefficient (Wildman–Crippen LogP) is 2.25. The highest BCUT2D eigenvalue weighted by molar-refractivity contribution is 5.58. The number of nitro benzene ring substituents is 1. The first-order chi connectivity index (χ1) is 12.2. The summed E-state index contributed by atoms with van der Waals surface area (Å²) < 4.78 is 5.50. The van der Waals surface area contributed by atoms with Crippen molar-refractivity contribution in [3.05, 3.63) is 52.3 Å². The second kappa shape index (κ2) is 7.89. The number of rotatable bonds is 6. The fourth-order valence-electron chi connectivity index (χ4n) is 2.92. The molecule has 0 atom stereocenters. The molecule has 1 fully saturated rings. The van der Waals surface area contributed by atoms with E-state index in [2.05, 4.69) is 19.8 Å². The van der Waals surface area contributed by atoms with Gasteiger partial charge < -0.3 is 14.5 Å². The van der Waals surface area contributed by atoms with E-state index in [1.54, 1.807) is 30.6 Å². The molecule has 0 radical (unpaired) electrons. The molecule has 2 heterocycles. The van der Waals surface area contributed by atoms with Crippen LogP contribution in [0, 0.1) is 10.1 Å². The van der Waals surface area contributed by atoms with Crippen molar-refractivity contribution in [3.63, 3.8) is 0 Å². The van der Waals surface area contributed by atoms with Crippen LogP contribution in [0.4, 0.5) is 17.3 Å². The number of anilines is 2. The molecule has 0 bridgehead atoms. The topological polar surface area (TPSA) is 84.6 Å². The van der Waals surface area contributed by atoms with Crippen molar-refractivity contribution in [2.75, 3.05) is 42.6 Å². The number of hydrogen-bond donors (Lipinski definition) is 0. The zero-order valence-electron chi connectivity index (χ0n) is 14.2. The average Bonchev–Trinajstić information content (AvgIpc) is 2.67. The van der Waals surface area contributed by atoms with Crippen molar-refractivity contribution in [2.24, 2.45) is 0 Å². The second-order valence-electron chi connectivity index (χ2n) is 5.73. The van der Waals surface area contributed by atoms with Crippen molar-refractivity contribution in [2.45, 2.75) is 13.5 Å². The van der Waals surface area contributed by atoms with E-state index in [4.69, 9.17) is 4.74 Å². The maximum Gasteiger partial charge on any atom is 0.269 e. The van der Waals surface area contributed by atoms with Crippen LogP contribution in [-0.2, 0) is 11.3 Å². The molecular weight excluding hydrogens is 322 g/mol. The van der Waals surface area contributed by atoms with Gasteiger partial charge in [0.15, 0.2) is 0 Å². The zero-order valence-corrected chi connectivity index (χ0v) is 14.2. The van der Waals surface area contributed by atoms with Crippen molar-refractivity contribution in [1.82, 2.24) is 9.97 Å². The Bertz CT molecular complexity index is 717. The minimum atomic E-state index is -0.371. The molecule has 0 amide bonds. The Morgan fingerprint density at radius 2 is 1.84 bits per heavy atom. The van der Waals surface area contributed by atoms with Gasteiger partial charge in [-0.15, -0.1) is 0 Å². The first-order valence-electron chi connectivity index (χ1n) is 8.31. The second-order valence-corrected chi connectivity index (χ2v) is 5.73. The van der Waals surface area contributed by atoms with Crippen LogP contribution < -0.4 is 9.80 Å². The Balaban J connectivity index is 1.74. The van der Waals surface area contributed by atoms with Crippen molar-refractivity contribution >= 4 is 17.3 Å². The Labute approximate surface area is 146 Å². The normalized spacial score (nSPS) is 14.6. The van der Waals surface area contributed by atoms with Gasteiger partial charge in [0.2, 0.25) is 5.95 Å². The Morgan fingerprint density at radius 1 is 1.16 bits per heavy atom. The lowest BCUT2D eigenvalue weighted by atomic mass is 10.1. The number of nitro groups is 1. The first-order valence-corrected chi connectivity index (χ1v) is 8.31. The van der Waals surface area contributed by atoms with Crippen LogP contribution in [0.2, 0.25) is 0 Å². The van der Waals surface area contributed by atoms with E-state index in [9.17, 15) is 10.1 Å². The fourth-order valence-corrected chi connectivity index (χ4v) is 2.92. The lowest BCUT2D eigenvalue weighted by molar-refractivity contribution is -0.384. The van der Waals surface area contributed by atoms with Crippen LogP contribution >= 0.6 is 0 Å². The van der Waals surface area contributed by atoms with Crippen molar-refractivity contribution in [3.8, 4) is 0 Å². The summed E-state index contributed by atoms with van der Waals surface area (Å²) in [5.41, 5.74) is 1.93. The molecular formula is C17H21N5O3. The van der Waals surface area contributed by atoms with Crippen LogP contribution in [0.25, 0.3) is 0 Å². The molecule has 0 aliphatic carbocycles. The van der Waals surface area contributed by atoms with Gasteiger partial charge in [-0.3, -0.25) is 10.1 Å². The zero-order chi connectivity index (χ0) is 17.6. The molecule has 1 aliphatic rings. The molecule has 8 nitrogen and oxygen atoms in total. The third-order valence-electron chi connectivity index (χ3n) is 4.19. The van der Waals surface area contributed by atoms with Gasteiger partial charge in [-0.25, -0.2) is 9.97 Å². The Kier molecular flexibility index (Phi) is 5.39. The average molecular weight is 343 g/mol. The summed E-state index contributed by atoms with van der Waals surface area (Å²) in [6.45, 7) is 6.06. The number of benzene rings is 1. The minimum absolute atomic E-state index is 0.0924. The highest BCUT2D eigenvalue weighted by Crippen LogP contribution is 2.27. The lowest BCUT2D eigenvalue weighted by Gasteiger charge is -2.36. The first kappa shape index (κ1) is 17.1.